The number of carbonyl (C=O) groups excluding carboxylic acids is 2. The Hall–Kier alpha value is -1.82. The Morgan fingerprint density at radius 1 is 1.18 bits per heavy atom. The summed E-state index contributed by atoms with van der Waals surface area (Å²) in [6.07, 6.45) is 0. The van der Waals surface area contributed by atoms with E-state index < -0.39 is 0 Å². The fourth-order valence-electron chi connectivity index (χ4n) is 1.85. The zero-order valence-corrected chi connectivity index (χ0v) is 9.66. The van der Waals surface area contributed by atoms with Gasteiger partial charge in [-0.15, -0.1) is 11.8 Å². The number of thioether (sulfide) groups is 1. The molecule has 2 heterocycles. The summed E-state index contributed by atoms with van der Waals surface area (Å²) in [5.41, 5.74) is 0.821. The normalized spacial score (nSPS) is 16.8. The van der Waals surface area contributed by atoms with Gasteiger partial charge in [-0.05, 0) is 12.1 Å². The van der Waals surface area contributed by atoms with Gasteiger partial charge in [0.1, 0.15) is 0 Å². The molecule has 0 atom stereocenters. The van der Waals surface area contributed by atoms with Gasteiger partial charge in [-0.1, -0.05) is 12.1 Å². The van der Waals surface area contributed by atoms with Gasteiger partial charge in [0, 0.05) is 5.39 Å². The maximum atomic E-state index is 11.8. The molecule has 17 heavy (non-hydrogen) atoms. The molecular weight excluding hydrogens is 238 g/mol. The molecule has 0 aliphatic carbocycles. The summed E-state index contributed by atoms with van der Waals surface area (Å²) >= 11 is 1.34. The molecule has 86 valence electrons. The van der Waals surface area contributed by atoms with E-state index in [0.717, 1.165) is 10.9 Å². The highest BCUT2D eigenvalue weighted by Gasteiger charge is 2.30. The first-order chi connectivity index (χ1) is 8.27. The number of aromatic nitrogens is 2. The Balaban J connectivity index is 2.14. The van der Waals surface area contributed by atoms with Gasteiger partial charge in [-0.3, -0.25) is 14.7 Å². The van der Waals surface area contributed by atoms with Gasteiger partial charge in [0.25, 0.3) is 0 Å². The molecular formula is C11H9N3O2S. The fourth-order valence-corrected chi connectivity index (χ4v) is 2.56. The van der Waals surface area contributed by atoms with Crippen molar-refractivity contribution in [2.75, 3.05) is 16.4 Å². The molecule has 1 fully saturated rings. The fraction of sp³-hybridized carbons (Fsp3) is 0.182. The molecule has 1 aliphatic rings. The number of carbonyl (C=O) groups is 2. The Labute approximate surface area is 101 Å². The maximum absolute atomic E-state index is 11.8. The summed E-state index contributed by atoms with van der Waals surface area (Å²) in [6.45, 7) is 0. The third kappa shape index (κ3) is 1.61. The number of H-pyrrole nitrogens is 1. The summed E-state index contributed by atoms with van der Waals surface area (Å²) in [4.78, 5) is 24.7. The molecule has 1 saturated heterocycles. The van der Waals surface area contributed by atoms with E-state index in [1.54, 1.807) is 0 Å². The standard InChI is InChI=1S/C11H9N3O2S/c15-9-5-17-6-10(16)14(9)11-7-3-1-2-4-8(7)12-13-11/h1-4H,5-6H2,(H,12,13). The molecule has 2 aromatic rings. The smallest absolute Gasteiger partial charge is 0.245 e. The van der Waals surface area contributed by atoms with E-state index in [-0.39, 0.29) is 11.8 Å². The number of hydrogen-bond donors (Lipinski definition) is 1. The first-order valence-corrected chi connectivity index (χ1v) is 6.29. The van der Waals surface area contributed by atoms with Gasteiger partial charge >= 0.3 is 0 Å². The molecule has 3 rings (SSSR count). The summed E-state index contributed by atoms with van der Waals surface area (Å²) in [5.74, 6) is 0.655. The van der Waals surface area contributed by atoms with E-state index in [1.807, 2.05) is 24.3 Å². The summed E-state index contributed by atoms with van der Waals surface area (Å²) < 4.78 is 0. The second-order valence-corrected chi connectivity index (χ2v) is 4.69. The Kier molecular flexibility index (Phi) is 2.36. The van der Waals surface area contributed by atoms with Crippen LogP contribution in [-0.4, -0.2) is 33.5 Å². The van der Waals surface area contributed by atoms with Crippen molar-refractivity contribution in [1.29, 1.82) is 0 Å². The third-order valence-electron chi connectivity index (χ3n) is 2.61. The number of aromatic amines is 1. The molecule has 0 bridgehead atoms. The molecule has 0 saturated carbocycles. The van der Waals surface area contributed by atoms with E-state index in [1.165, 1.54) is 16.7 Å². The molecule has 5 nitrogen and oxygen atoms in total. The second-order valence-electron chi connectivity index (χ2n) is 3.71. The Morgan fingerprint density at radius 3 is 2.65 bits per heavy atom. The van der Waals surface area contributed by atoms with Crippen LogP contribution < -0.4 is 4.90 Å². The predicted octanol–water partition coefficient (Wildman–Crippen LogP) is 1.17. The second kappa shape index (κ2) is 3.89. The summed E-state index contributed by atoms with van der Waals surface area (Å²) in [6, 6.07) is 7.44. The van der Waals surface area contributed by atoms with Crippen LogP contribution >= 0.6 is 11.8 Å². The minimum absolute atomic E-state index is 0.205. The number of hydrogen-bond acceptors (Lipinski definition) is 4. The molecule has 2 amide bonds. The Bertz CT molecular complexity index is 592. The lowest BCUT2D eigenvalue weighted by molar-refractivity contribution is -0.124. The van der Waals surface area contributed by atoms with Crippen molar-refractivity contribution in [3.63, 3.8) is 0 Å². The number of para-hydroxylation sites is 1. The zero-order valence-electron chi connectivity index (χ0n) is 8.84. The highest BCUT2D eigenvalue weighted by molar-refractivity contribution is 8.00. The molecule has 0 spiro atoms. The van der Waals surface area contributed by atoms with Crippen LogP contribution in [-0.2, 0) is 9.59 Å². The minimum Gasteiger partial charge on any atom is -0.276 e. The van der Waals surface area contributed by atoms with Crippen molar-refractivity contribution in [2.24, 2.45) is 0 Å². The summed E-state index contributed by atoms with van der Waals surface area (Å²) in [7, 11) is 0. The highest BCUT2D eigenvalue weighted by Crippen LogP contribution is 2.26. The van der Waals surface area contributed by atoms with Crippen LogP contribution in [0.3, 0.4) is 0 Å². The van der Waals surface area contributed by atoms with Gasteiger partial charge in [0.2, 0.25) is 11.8 Å². The van der Waals surface area contributed by atoms with E-state index in [0.29, 0.717) is 17.3 Å². The lowest BCUT2D eigenvalue weighted by Crippen LogP contribution is -2.43. The SMILES string of the molecule is O=C1CSCC(=O)N1c1n[nH]c2ccccc12. The number of imide groups is 1. The van der Waals surface area contributed by atoms with Crippen LogP contribution in [0.2, 0.25) is 0 Å². The molecule has 1 aliphatic heterocycles. The van der Waals surface area contributed by atoms with Crippen molar-refractivity contribution < 1.29 is 9.59 Å². The van der Waals surface area contributed by atoms with Crippen LogP contribution in [0, 0.1) is 0 Å². The van der Waals surface area contributed by atoms with Gasteiger partial charge < -0.3 is 0 Å². The quantitative estimate of drug-likeness (QED) is 0.768. The number of nitrogens with zero attached hydrogens (tertiary/aromatic N) is 2. The zero-order chi connectivity index (χ0) is 11.8. The number of amides is 2. The average molecular weight is 247 g/mol. The molecule has 1 aromatic carbocycles. The number of nitrogens with one attached hydrogen (secondary N) is 1. The molecule has 0 radical (unpaired) electrons. The molecule has 0 unspecified atom stereocenters. The van der Waals surface area contributed by atoms with Crippen molar-refractivity contribution in [3.05, 3.63) is 24.3 Å². The molecule has 6 heteroatoms. The van der Waals surface area contributed by atoms with Gasteiger partial charge in [0.15, 0.2) is 5.82 Å². The average Bonchev–Trinajstić information content (AvgIpc) is 2.73. The van der Waals surface area contributed by atoms with Crippen LogP contribution in [0.4, 0.5) is 5.82 Å². The van der Waals surface area contributed by atoms with E-state index >= 15 is 0 Å². The first-order valence-electron chi connectivity index (χ1n) is 5.14. The van der Waals surface area contributed by atoms with Crippen LogP contribution in [0.5, 0.6) is 0 Å². The van der Waals surface area contributed by atoms with E-state index in [4.69, 9.17) is 0 Å². The largest absolute Gasteiger partial charge is 0.276 e. The van der Waals surface area contributed by atoms with Crippen LogP contribution in [0.15, 0.2) is 24.3 Å². The van der Waals surface area contributed by atoms with E-state index in [9.17, 15) is 9.59 Å². The predicted molar refractivity (Wildman–Crippen MR) is 65.9 cm³/mol. The number of fused-ring (bicyclic) bond motifs is 1. The number of benzene rings is 1. The number of rotatable bonds is 1. The van der Waals surface area contributed by atoms with Gasteiger partial charge in [-0.2, -0.15) is 5.10 Å². The molecule has 1 aromatic heterocycles. The first kappa shape index (κ1) is 10.3. The summed E-state index contributed by atoms with van der Waals surface area (Å²) in [5, 5.41) is 7.69. The van der Waals surface area contributed by atoms with Crippen molar-refractivity contribution >= 4 is 40.3 Å². The van der Waals surface area contributed by atoms with Crippen molar-refractivity contribution in [1.82, 2.24) is 10.2 Å². The van der Waals surface area contributed by atoms with Gasteiger partial charge in [0.05, 0.1) is 17.0 Å². The van der Waals surface area contributed by atoms with Crippen LogP contribution in [0.1, 0.15) is 0 Å². The number of anilines is 1. The maximum Gasteiger partial charge on any atom is 0.245 e. The van der Waals surface area contributed by atoms with Crippen molar-refractivity contribution in [3.8, 4) is 0 Å². The topological polar surface area (TPSA) is 66.1 Å². The monoisotopic (exact) mass is 247 g/mol. The van der Waals surface area contributed by atoms with Gasteiger partial charge in [-0.25, -0.2) is 4.90 Å². The van der Waals surface area contributed by atoms with Crippen molar-refractivity contribution in [2.45, 2.75) is 0 Å². The third-order valence-corrected chi connectivity index (χ3v) is 3.51. The Morgan fingerprint density at radius 2 is 1.88 bits per heavy atom. The van der Waals surface area contributed by atoms with E-state index in [2.05, 4.69) is 10.2 Å². The van der Waals surface area contributed by atoms with Crippen LogP contribution in [0.25, 0.3) is 10.9 Å². The molecule has 1 N–H and O–H groups in total. The lowest BCUT2D eigenvalue weighted by atomic mass is 10.2. The minimum atomic E-state index is -0.205. The highest BCUT2D eigenvalue weighted by atomic mass is 32.2. The lowest BCUT2D eigenvalue weighted by Gasteiger charge is -2.22.